The lowest BCUT2D eigenvalue weighted by Gasteiger charge is -2.13. The topological polar surface area (TPSA) is 51.8 Å². The molecule has 55 heavy (non-hydrogen) atoms. The Morgan fingerprint density at radius 2 is 0.709 bits per heavy atom. The van der Waals surface area contributed by atoms with Crippen LogP contribution in [0.2, 0.25) is 0 Å². The van der Waals surface area contributed by atoms with E-state index >= 15 is 0 Å². The number of rotatable bonds is 7. The lowest BCUT2D eigenvalue weighted by atomic mass is 9.98. The van der Waals surface area contributed by atoms with Gasteiger partial charge in [-0.15, -0.1) is 0 Å². The molecule has 0 atom stereocenters. The molecule has 0 unspecified atom stereocenters. The summed E-state index contributed by atoms with van der Waals surface area (Å²) in [5.74, 6) is 1.85. The van der Waals surface area contributed by atoms with Gasteiger partial charge in [0.05, 0.1) is 0 Å². The zero-order chi connectivity index (χ0) is 36.6. The van der Waals surface area contributed by atoms with E-state index in [0.717, 1.165) is 72.0 Å². The maximum absolute atomic E-state index is 6.19. The van der Waals surface area contributed by atoms with Crippen molar-refractivity contribution in [2.24, 2.45) is 0 Å². The Labute approximate surface area is 319 Å². The average molecular weight is 704 g/mol. The normalized spacial score (nSPS) is 11.3. The van der Waals surface area contributed by atoms with Crippen molar-refractivity contribution in [3.63, 3.8) is 0 Å². The summed E-state index contributed by atoms with van der Waals surface area (Å²) in [5.41, 5.74) is 13.5. The number of furan rings is 1. The highest BCUT2D eigenvalue weighted by Gasteiger charge is 2.17. The highest BCUT2D eigenvalue weighted by molar-refractivity contribution is 6.05. The van der Waals surface area contributed by atoms with E-state index in [4.69, 9.17) is 19.4 Å². The molecule has 258 valence electrons. The van der Waals surface area contributed by atoms with Crippen LogP contribution in [0.25, 0.3) is 101 Å². The number of hydrogen-bond acceptors (Lipinski definition) is 4. The first-order valence-electron chi connectivity index (χ1n) is 18.4. The lowest BCUT2D eigenvalue weighted by molar-refractivity contribution is 0.669. The van der Waals surface area contributed by atoms with Gasteiger partial charge in [-0.2, -0.15) is 0 Å². The van der Waals surface area contributed by atoms with Crippen molar-refractivity contribution in [2.75, 3.05) is 0 Å². The molecule has 0 radical (unpaired) electrons. The Kier molecular flexibility index (Phi) is 8.12. The first-order valence-corrected chi connectivity index (χ1v) is 18.4. The van der Waals surface area contributed by atoms with Crippen LogP contribution in [0.5, 0.6) is 0 Å². The van der Waals surface area contributed by atoms with Crippen LogP contribution in [-0.2, 0) is 0 Å². The number of hydrogen-bond donors (Lipinski definition) is 0. The minimum Gasteiger partial charge on any atom is -0.456 e. The van der Waals surface area contributed by atoms with Gasteiger partial charge in [-0.05, 0) is 68.8 Å². The van der Waals surface area contributed by atoms with E-state index in [1.54, 1.807) is 0 Å². The molecule has 4 nitrogen and oxygen atoms in total. The molecule has 0 N–H and O–H groups in total. The predicted molar refractivity (Wildman–Crippen MR) is 225 cm³/mol. The highest BCUT2D eigenvalue weighted by atomic mass is 16.3. The molecule has 0 spiro atoms. The minimum atomic E-state index is 0.611. The van der Waals surface area contributed by atoms with E-state index in [0.29, 0.717) is 17.5 Å². The number of benzene rings is 8. The third-order valence-corrected chi connectivity index (χ3v) is 10.2. The molecule has 0 saturated heterocycles. The summed E-state index contributed by atoms with van der Waals surface area (Å²) in [5, 5.41) is 2.24. The Hall–Kier alpha value is -7.43. The van der Waals surface area contributed by atoms with Crippen LogP contribution in [0, 0.1) is 0 Å². The van der Waals surface area contributed by atoms with Crippen molar-refractivity contribution in [3.05, 3.63) is 200 Å². The van der Waals surface area contributed by atoms with Gasteiger partial charge in [-0.25, -0.2) is 15.0 Å². The summed E-state index contributed by atoms with van der Waals surface area (Å²) in [6.07, 6.45) is 0. The fourth-order valence-corrected chi connectivity index (χ4v) is 7.34. The third-order valence-electron chi connectivity index (χ3n) is 10.2. The second kappa shape index (κ2) is 13.8. The Morgan fingerprint density at radius 1 is 0.255 bits per heavy atom. The molecular weight excluding hydrogens is 671 g/mol. The number of fused-ring (bicyclic) bond motifs is 3. The zero-order valence-corrected chi connectivity index (χ0v) is 29.8. The summed E-state index contributed by atoms with van der Waals surface area (Å²) < 4.78 is 6.19. The molecule has 0 aliphatic carbocycles. The molecule has 10 rings (SSSR count). The summed E-state index contributed by atoms with van der Waals surface area (Å²) in [7, 11) is 0. The van der Waals surface area contributed by atoms with Gasteiger partial charge in [0.25, 0.3) is 0 Å². The maximum Gasteiger partial charge on any atom is 0.164 e. The van der Waals surface area contributed by atoms with E-state index in [-0.39, 0.29) is 0 Å². The van der Waals surface area contributed by atoms with Crippen molar-refractivity contribution >= 4 is 21.9 Å². The molecule has 2 heterocycles. The van der Waals surface area contributed by atoms with Crippen LogP contribution in [-0.4, -0.2) is 15.0 Å². The van der Waals surface area contributed by atoms with E-state index in [1.807, 2.05) is 36.4 Å². The van der Waals surface area contributed by atoms with Crippen LogP contribution in [0.1, 0.15) is 0 Å². The number of nitrogens with zero attached hydrogens (tertiary/aromatic N) is 3. The zero-order valence-electron chi connectivity index (χ0n) is 29.8. The fraction of sp³-hybridized carbons (Fsp3) is 0. The Balaban J connectivity index is 1.05. The van der Waals surface area contributed by atoms with Gasteiger partial charge in [-0.3, -0.25) is 0 Å². The highest BCUT2D eigenvalue weighted by Crippen LogP contribution is 2.35. The van der Waals surface area contributed by atoms with Crippen molar-refractivity contribution in [1.29, 1.82) is 0 Å². The van der Waals surface area contributed by atoms with Gasteiger partial charge in [-0.1, -0.05) is 176 Å². The largest absolute Gasteiger partial charge is 0.456 e. The first kappa shape index (κ1) is 32.2. The van der Waals surface area contributed by atoms with E-state index in [2.05, 4.69) is 164 Å². The van der Waals surface area contributed by atoms with Gasteiger partial charge < -0.3 is 4.42 Å². The molecular formula is C51H33N3O. The number of para-hydroxylation sites is 1. The van der Waals surface area contributed by atoms with Crippen molar-refractivity contribution in [3.8, 4) is 78.7 Å². The Morgan fingerprint density at radius 3 is 1.44 bits per heavy atom. The second-order valence-corrected chi connectivity index (χ2v) is 13.6. The molecule has 8 aromatic carbocycles. The fourth-order valence-electron chi connectivity index (χ4n) is 7.34. The summed E-state index contributed by atoms with van der Waals surface area (Å²) in [4.78, 5) is 15.4. The predicted octanol–water partition coefficient (Wildman–Crippen LogP) is 13.4. The first-order chi connectivity index (χ1) is 27.2. The molecule has 0 bridgehead atoms. The van der Waals surface area contributed by atoms with Gasteiger partial charge in [0.1, 0.15) is 11.2 Å². The SMILES string of the molecule is c1ccc(-c2ccc(-c3cccc(-c4nc(-c5ccc(-c6ccc7c(c6)oc6ccccc67)cc5)nc(-c5ccccc5-c5ccccc5)n4)c3)cc2)cc1. The molecule has 2 aromatic heterocycles. The third kappa shape index (κ3) is 6.26. The van der Waals surface area contributed by atoms with Crippen LogP contribution in [0.15, 0.2) is 205 Å². The van der Waals surface area contributed by atoms with Crippen LogP contribution in [0.3, 0.4) is 0 Å². The molecule has 0 aliphatic rings. The van der Waals surface area contributed by atoms with Crippen molar-refractivity contribution in [2.45, 2.75) is 0 Å². The molecule has 0 fully saturated rings. The van der Waals surface area contributed by atoms with Crippen LogP contribution >= 0.6 is 0 Å². The summed E-state index contributed by atoms with van der Waals surface area (Å²) in [6, 6.07) is 69.3. The molecule has 0 aliphatic heterocycles. The molecule has 0 saturated carbocycles. The average Bonchev–Trinajstić information content (AvgIpc) is 3.65. The van der Waals surface area contributed by atoms with Gasteiger partial charge >= 0.3 is 0 Å². The van der Waals surface area contributed by atoms with E-state index in [9.17, 15) is 0 Å². The molecule has 0 amide bonds. The summed E-state index contributed by atoms with van der Waals surface area (Å²) in [6.45, 7) is 0. The molecule has 10 aromatic rings. The maximum atomic E-state index is 6.19. The molecule has 4 heteroatoms. The van der Waals surface area contributed by atoms with Gasteiger partial charge in [0.15, 0.2) is 17.5 Å². The smallest absolute Gasteiger partial charge is 0.164 e. The lowest BCUT2D eigenvalue weighted by Crippen LogP contribution is -2.01. The van der Waals surface area contributed by atoms with Crippen molar-refractivity contribution in [1.82, 2.24) is 15.0 Å². The van der Waals surface area contributed by atoms with E-state index in [1.165, 1.54) is 11.1 Å². The summed E-state index contributed by atoms with van der Waals surface area (Å²) >= 11 is 0. The van der Waals surface area contributed by atoms with Gasteiger partial charge in [0, 0.05) is 27.5 Å². The van der Waals surface area contributed by atoms with Crippen LogP contribution < -0.4 is 0 Å². The van der Waals surface area contributed by atoms with Crippen LogP contribution in [0.4, 0.5) is 0 Å². The number of aromatic nitrogens is 3. The second-order valence-electron chi connectivity index (χ2n) is 13.6. The monoisotopic (exact) mass is 703 g/mol. The van der Waals surface area contributed by atoms with Crippen molar-refractivity contribution < 1.29 is 4.42 Å². The standard InChI is InChI=1S/C51H33N3O/c1-3-12-34(13-4-1)35-22-24-36(25-23-35)40-16-11-17-42(32-40)50-52-49(53-51(54-50)46-20-8-7-18-43(46)38-14-5-2-6-15-38)39-28-26-37(27-29-39)41-30-31-45-44-19-9-10-21-47(44)55-48(45)33-41/h1-33H. The Bertz CT molecular complexity index is 2950. The van der Waals surface area contributed by atoms with E-state index < -0.39 is 0 Å². The minimum absolute atomic E-state index is 0.611. The van der Waals surface area contributed by atoms with Gasteiger partial charge in [0.2, 0.25) is 0 Å². The quantitative estimate of drug-likeness (QED) is 0.166.